The Kier molecular flexibility index (Phi) is 7.19. The number of Topliss-reactive ketones (excluding diaryl/α,β-unsaturated/α-hetero) is 2. The molecule has 0 aromatic heterocycles. The van der Waals surface area contributed by atoms with E-state index < -0.39 is 75.0 Å². The fraction of sp³-hybridized carbons (Fsp3) is 0.333. The van der Waals surface area contributed by atoms with Gasteiger partial charge in [0.05, 0.1) is 28.4 Å². The number of phenolic OH excluding ortho intramolecular Hbond substituents is 1. The van der Waals surface area contributed by atoms with Gasteiger partial charge in [-0.2, -0.15) is 0 Å². The van der Waals surface area contributed by atoms with Gasteiger partial charge in [-0.1, -0.05) is 18.2 Å². The summed E-state index contributed by atoms with van der Waals surface area (Å²) in [5, 5.41) is 50.9. The molecule has 4 atom stereocenters. The molecule has 0 unspecified atom stereocenters. The zero-order valence-electron chi connectivity index (χ0n) is 24.5. The highest BCUT2D eigenvalue weighted by atomic mass is 16.3. The van der Waals surface area contributed by atoms with E-state index >= 15 is 0 Å². The number of nitrogens with zero attached hydrogens (tertiary/aromatic N) is 2. The fourth-order valence-electron chi connectivity index (χ4n) is 6.70. The third-order valence-corrected chi connectivity index (χ3v) is 8.60. The first-order chi connectivity index (χ1) is 20.5. The molecule has 2 aromatic carbocycles. The third-order valence-electron chi connectivity index (χ3n) is 8.60. The molecular weight excluding hydrogens is 572 g/mol. The predicted octanol–water partition coefficient (Wildman–Crippen LogP) is 0.912. The second-order valence-electron chi connectivity index (χ2n) is 11.8. The summed E-state index contributed by atoms with van der Waals surface area (Å²) in [6.45, 7) is 0. The lowest BCUT2D eigenvalue weighted by Crippen LogP contribution is -2.68. The number of nitrogens with two attached hydrogens (primary N) is 2. The summed E-state index contributed by atoms with van der Waals surface area (Å²) in [5.74, 6) is -7.38. The Morgan fingerprint density at radius 1 is 1.02 bits per heavy atom. The van der Waals surface area contributed by atoms with Gasteiger partial charge in [-0.3, -0.25) is 19.3 Å². The van der Waals surface area contributed by atoms with Crippen LogP contribution in [-0.4, -0.2) is 94.2 Å². The van der Waals surface area contributed by atoms with Crippen LogP contribution in [0.2, 0.25) is 0 Å². The number of amides is 3. The Hall–Kier alpha value is -4.92. The van der Waals surface area contributed by atoms with Crippen molar-refractivity contribution in [2.75, 3.05) is 43.7 Å². The van der Waals surface area contributed by atoms with E-state index in [4.69, 9.17) is 11.5 Å². The van der Waals surface area contributed by atoms with Gasteiger partial charge < -0.3 is 47.4 Å². The molecule has 44 heavy (non-hydrogen) atoms. The molecule has 14 heteroatoms. The van der Waals surface area contributed by atoms with Gasteiger partial charge in [-0.05, 0) is 50.7 Å². The van der Waals surface area contributed by atoms with Gasteiger partial charge >= 0.3 is 6.03 Å². The number of likely N-dealkylation sites (N-methyl/N-ethyl adjacent to an activating group) is 1. The van der Waals surface area contributed by atoms with E-state index in [0.717, 1.165) is 0 Å². The Balaban J connectivity index is 1.67. The average molecular weight is 607 g/mol. The lowest BCUT2D eigenvalue weighted by atomic mass is 9.56. The van der Waals surface area contributed by atoms with Crippen molar-refractivity contribution in [1.82, 2.24) is 4.90 Å². The van der Waals surface area contributed by atoms with Crippen LogP contribution in [0.1, 0.15) is 22.3 Å². The molecule has 0 spiro atoms. The Morgan fingerprint density at radius 3 is 2.23 bits per heavy atom. The van der Waals surface area contributed by atoms with Crippen molar-refractivity contribution in [2.24, 2.45) is 17.4 Å². The van der Waals surface area contributed by atoms with Crippen LogP contribution in [0.4, 0.5) is 21.9 Å². The van der Waals surface area contributed by atoms with Crippen LogP contribution in [-0.2, 0) is 16.0 Å². The Morgan fingerprint density at radius 2 is 1.66 bits per heavy atom. The largest absolute Gasteiger partial charge is 0.510 e. The van der Waals surface area contributed by atoms with E-state index in [9.17, 15) is 39.6 Å². The molecule has 0 saturated heterocycles. The minimum absolute atomic E-state index is 0.128. The van der Waals surface area contributed by atoms with Gasteiger partial charge in [0.15, 0.2) is 17.1 Å². The van der Waals surface area contributed by atoms with Crippen LogP contribution in [0.25, 0.3) is 0 Å². The number of fused-ring (bicyclic) bond motifs is 3. The number of aliphatic hydroxyl groups excluding tert-OH is 2. The maximum Gasteiger partial charge on any atom is 0.323 e. The Bertz CT molecular complexity index is 1680. The predicted molar refractivity (Wildman–Crippen MR) is 161 cm³/mol. The summed E-state index contributed by atoms with van der Waals surface area (Å²) in [5.41, 5.74) is 7.04. The second-order valence-corrected chi connectivity index (χ2v) is 11.8. The van der Waals surface area contributed by atoms with E-state index in [1.165, 1.54) is 25.1 Å². The number of benzene rings is 2. The van der Waals surface area contributed by atoms with E-state index in [0.29, 0.717) is 16.9 Å². The molecule has 2 aromatic rings. The number of phenols is 1. The maximum atomic E-state index is 14.2. The zero-order valence-corrected chi connectivity index (χ0v) is 24.5. The van der Waals surface area contributed by atoms with E-state index in [2.05, 4.69) is 10.6 Å². The number of para-hydroxylation sites is 1. The SMILES string of the molecule is CN(C)c1cc(NC(=O)Nc2ccccc2)c(O)c2c1C[C@@]1(N)C[C@H]3[C@H](N(C)C)C(O)=C(C(N)=O)C(=O)[C@@]3(O)C(O)=C1C2=O. The first kappa shape index (κ1) is 30.5. The van der Waals surface area contributed by atoms with Crippen LogP contribution in [0, 0.1) is 5.92 Å². The number of primary amides is 1. The summed E-state index contributed by atoms with van der Waals surface area (Å²) in [6, 6.07) is 8.11. The minimum atomic E-state index is -2.84. The monoisotopic (exact) mass is 606 g/mol. The molecule has 0 bridgehead atoms. The summed E-state index contributed by atoms with van der Waals surface area (Å²) in [6.07, 6.45) is -0.426. The van der Waals surface area contributed by atoms with Crippen molar-refractivity contribution in [3.8, 4) is 5.75 Å². The van der Waals surface area contributed by atoms with Gasteiger partial charge in [0.25, 0.3) is 5.91 Å². The number of ketones is 2. The quantitative estimate of drug-likeness (QED) is 0.176. The van der Waals surface area contributed by atoms with Crippen molar-refractivity contribution in [3.05, 3.63) is 70.2 Å². The van der Waals surface area contributed by atoms with Gasteiger partial charge in [0.1, 0.15) is 17.1 Å². The van der Waals surface area contributed by atoms with Crippen molar-refractivity contribution in [1.29, 1.82) is 0 Å². The third kappa shape index (κ3) is 4.37. The molecule has 0 aliphatic heterocycles. The number of nitrogens with one attached hydrogen (secondary N) is 2. The number of anilines is 3. The average Bonchev–Trinajstić information content (AvgIpc) is 2.92. The minimum Gasteiger partial charge on any atom is -0.510 e. The Labute approximate surface area is 252 Å². The lowest BCUT2D eigenvalue weighted by Gasteiger charge is -2.53. The molecule has 3 amide bonds. The van der Waals surface area contributed by atoms with Crippen molar-refractivity contribution >= 4 is 40.6 Å². The normalized spacial score (nSPS) is 26.2. The number of carbonyl (C=O) groups is 4. The molecule has 10 N–H and O–H groups in total. The molecule has 3 aliphatic carbocycles. The first-order valence-electron chi connectivity index (χ1n) is 13.7. The molecule has 0 fully saturated rings. The number of hydrogen-bond acceptors (Lipinski definition) is 11. The number of aromatic hydroxyl groups is 1. The smallest absolute Gasteiger partial charge is 0.323 e. The standard InChI is InChI=1S/C30H34N6O8/c1-35(2)17-10-16(34-28(43)33-13-8-6-5-7-9-13)22(37)18-14(17)11-29(32)12-15-21(36(3)4)24(39)19(27(31)42)25(40)30(15,44)26(41)20(29)23(18)38/h5-10,15,21,37,39,41,44H,11-12,32H2,1-4H3,(H2,31,42)(H2,33,34,43)/t15-,21-,29+,30+/m0/s1. The topological polar surface area (TPSA) is 232 Å². The molecule has 14 nitrogen and oxygen atoms in total. The molecule has 5 rings (SSSR count). The highest BCUT2D eigenvalue weighted by Gasteiger charge is 2.66. The van der Waals surface area contributed by atoms with Crippen LogP contribution in [0.5, 0.6) is 5.75 Å². The van der Waals surface area contributed by atoms with Crippen LogP contribution < -0.4 is 27.0 Å². The van der Waals surface area contributed by atoms with Gasteiger partial charge in [-0.25, -0.2) is 4.79 Å². The van der Waals surface area contributed by atoms with Gasteiger partial charge in [0, 0.05) is 31.4 Å². The molecule has 232 valence electrons. The fourth-order valence-corrected chi connectivity index (χ4v) is 6.70. The second kappa shape index (κ2) is 10.4. The van der Waals surface area contributed by atoms with Crippen molar-refractivity contribution < 1.29 is 39.6 Å². The lowest BCUT2D eigenvalue weighted by molar-refractivity contribution is -0.148. The van der Waals surface area contributed by atoms with Gasteiger partial charge in [-0.15, -0.1) is 0 Å². The first-order valence-corrected chi connectivity index (χ1v) is 13.7. The van der Waals surface area contributed by atoms with Gasteiger partial charge in [0.2, 0.25) is 5.78 Å². The number of hydrogen-bond donors (Lipinski definition) is 8. The summed E-state index contributed by atoms with van der Waals surface area (Å²) in [4.78, 5) is 55.9. The van der Waals surface area contributed by atoms with Crippen molar-refractivity contribution in [3.63, 3.8) is 0 Å². The summed E-state index contributed by atoms with van der Waals surface area (Å²) < 4.78 is 0. The summed E-state index contributed by atoms with van der Waals surface area (Å²) in [7, 11) is 6.43. The van der Waals surface area contributed by atoms with Crippen LogP contribution in [0.3, 0.4) is 0 Å². The molecule has 0 saturated carbocycles. The van der Waals surface area contributed by atoms with Crippen molar-refractivity contribution in [2.45, 2.75) is 30.0 Å². The highest BCUT2D eigenvalue weighted by molar-refractivity contribution is 6.25. The van der Waals surface area contributed by atoms with Crippen LogP contribution in [0.15, 0.2) is 59.1 Å². The zero-order chi connectivity index (χ0) is 32.5. The number of carbonyl (C=O) groups excluding carboxylic acids is 4. The number of rotatable bonds is 5. The summed E-state index contributed by atoms with van der Waals surface area (Å²) >= 11 is 0. The van der Waals surface area contributed by atoms with E-state index in [1.54, 1.807) is 49.3 Å². The molecule has 0 heterocycles. The van der Waals surface area contributed by atoms with E-state index in [1.807, 2.05) is 0 Å². The molecule has 3 aliphatic rings. The maximum absolute atomic E-state index is 14.2. The molecular formula is C30H34N6O8. The van der Waals surface area contributed by atoms with E-state index in [-0.39, 0.29) is 24.1 Å². The highest BCUT2D eigenvalue weighted by Crippen LogP contribution is 2.54. The number of urea groups is 1. The van der Waals surface area contributed by atoms with Crippen LogP contribution >= 0.6 is 0 Å². The molecule has 0 radical (unpaired) electrons. The number of aliphatic hydroxyl groups is 3.